The van der Waals surface area contributed by atoms with Crippen LogP contribution in [-0.2, 0) is 19.4 Å². The van der Waals surface area contributed by atoms with E-state index >= 15 is 0 Å². The van der Waals surface area contributed by atoms with Gasteiger partial charge in [-0.1, -0.05) is 29.8 Å². The molecule has 0 aromatic carbocycles. The van der Waals surface area contributed by atoms with Crippen molar-refractivity contribution in [1.82, 2.24) is 9.78 Å². The van der Waals surface area contributed by atoms with E-state index < -0.39 is 0 Å². The minimum absolute atomic E-state index is 0.694. The molecule has 1 aromatic heterocycles. The molecule has 3 atom stereocenters. The summed E-state index contributed by atoms with van der Waals surface area (Å²) in [6.07, 6.45) is 6.28. The molecule has 1 fully saturated rings. The van der Waals surface area contributed by atoms with Gasteiger partial charge in [-0.15, -0.1) is 0 Å². The molecule has 1 heterocycles. The average Bonchev–Trinajstić information content (AvgIpc) is 2.76. The predicted molar refractivity (Wildman–Crippen MR) is 80.2 cm³/mol. The van der Waals surface area contributed by atoms with Gasteiger partial charge in [0, 0.05) is 17.1 Å². The van der Waals surface area contributed by atoms with E-state index in [4.69, 9.17) is 0 Å². The number of hydrogen-bond acceptors (Lipinski definition) is 1. The molecular formula is C15H25BrN2. The van der Waals surface area contributed by atoms with Gasteiger partial charge in [0.05, 0.1) is 5.69 Å². The fraction of sp³-hybridized carbons (Fsp3) is 0.800. The van der Waals surface area contributed by atoms with E-state index in [1.807, 2.05) is 0 Å². The van der Waals surface area contributed by atoms with Crippen LogP contribution in [0.1, 0.15) is 51.4 Å². The summed E-state index contributed by atoms with van der Waals surface area (Å²) in [5.74, 6) is 1.66. The van der Waals surface area contributed by atoms with Crippen LogP contribution in [-0.4, -0.2) is 14.6 Å². The summed E-state index contributed by atoms with van der Waals surface area (Å²) in [4.78, 5) is 0.694. The summed E-state index contributed by atoms with van der Waals surface area (Å²) in [6, 6.07) is 2.31. The Labute approximate surface area is 119 Å². The lowest BCUT2D eigenvalue weighted by molar-refractivity contribution is 0.290. The molecule has 0 amide bonds. The molecule has 102 valence electrons. The fourth-order valence-electron chi connectivity index (χ4n) is 3.07. The molecule has 0 saturated heterocycles. The largest absolute Gasteiger partial charge is 0.270 e. The Morgan fingerprint density at radius 2 is 2.17 bits per heavy atom. The Morgan fingerprint density at radius 1 is 1.39 bits per heavy atom. The van der Waals surface area contributed by atoms with E-state index in [1.165, 1.54) is 37.1 Å². The first-order valence-corrected chi connectivity index (χ1v) is 8.25. The lowest BCUT2D eigenvalue weighted by Crippen LogP contribution is -2.26. The van der Waals surface area contributed by atoms with Crippen molar-refractivity contribution in [2.75, 3.05) is 0 Å². The molecule has 0 N–H and O–H groups in total. The number of rotatable bonds is 4. The zero-order valence-corrected chi connectivity index (χ0v) is 13.4. The van der Waals surface area contributed by atoms with Crippen molar-refractivity contribution in [3.8, 4) is 0 Å². The van der Waals surface area contributed by atoms with Crippen LogP contribution in [0.15, 0.2) is 6.07 Å². The summed E-state index contributed by atoms with van der Waals surface area (Å²) in [6.45, 7) is 7.75. The Balaban J connectivity index is 2.09. The standard InChI is InChI=1S/C15H25BrN2/c1-4-13-10-14(18(5-2)17-13)9-12-8-11(3)6-7-15(12)16/h10-12,15H,4-9H2,1-3H3. The van der Waals surface area contributed by atoms with Gasteiger partial charge < -0.3 is 0 Å². The van der Waals surface area contributed by atoms with Crippen molar-refractivity contribution < 1.29 is 0 Å². The van der Waals surface area contributed by atoms with E-state index in [9.17, 15) is 0 Å². The molecule has 3 heteroatoms. The number of halogens is 1. The van der Waals surface area contributed by atoms with E-state index in [-0.39, 0.29) is 0 Å². The minimum Gasteiger partial charge on any atom is -0.270 e. The van der Waals surface area contributed by atoms with Gasteiger partial charge in [0.15, 0.2) is 0 Å². The van der Waals surface area contributed by atoms with Gasteiger partial charge in [-0.3, -0.25) is 4.68 Å². The Bertz CT molecular complexity index is 386. The highest BCUT2D eigenvalue weighted by molar-refractivity contribution is 9.09. The third-order valence-corrected chi connectivity index (χ3v) is 5.40. The molecule has 2 nitrogen and oxygen atoms in total. The molecule has 1 aliphatic rings. The first-order valence-electron chi connectivity index (χ1n) is 7.33. The summed E-state index contributed by atoms with van der Waals surface area (Å²) in [5.41, 5.74) is 2.67. The van der Waals surface area contributed by atoms with Crippen LogP contribution >= 0.6 is 15.9 Å². The second-order valence-corrected chi connectivity index (χ2v) is 6.87. The number of aromatic nitrogens is 2. The van der Waals surface area contributed by atoms with E-state index in [0.717, 1.165) is 24.8 Å². The molecule has 1 aromatic rings. The maximum absolute atomic E-state index is 4.66. The molecule has 0 bridgehead atoms. The van der Waals surface area contributed by atoms with Crippen LogP contribution in [0.3, 0.4) is 0 Å². The van der Waals surface area contributed by atoms with E-state index in [0.29, 0.717) is 4.83 Å². The summed E-state index contributed by atoms with van der Waals surface area (Å²) < 4.78 is 2.19. The second-order valence-electron chi connectivity index (χ2n) is 5.69. The Morgan fingerprint density at radius 3 is 2.83 bits per heavy atom. The molecular weight excluding hydrogens is 288 g/mol. The van der Waals surface area contributed by atoms with Crippen molar-refractivity contribution in [2.45, 2.75) is 64.2 Å². The SMILES string of the molecule is CCc1cc(CC2CC(C)CCC2Br)n(CC)n1. The van der Waals surface area contributed by atoms with Crippen LogP contribution in [0.5, 0.6) is 0 Å². The van der Waals surface area contributed by atoms with Crippen molar-refractivity contribution >= 4 is 15.9 Å². The van der Waals surface area contributed by atoms with Crippen molar-refractivity contribution in [3.05, 3.63) is 17.5 Å². The van der Waals surface area contributed by atoms with Gasteiger partial charge in [-0.25, -0.2) is 0 Å². The van der Waals surface area contributed by atoms with Crippen molar-refractivity contribution in [2.24, 2.45) is 11.8 Å². The average molecular weight is 313 g/mol. The summed E-state index contributed by atoms with van der Waals surface area (Å²) >= 11 is 3.88. The van der Waals surface area contributed by atoms with Crippen LogP contribution in [0.4, 0.5) is 0 Å². The smallest absolute Gasteiger partial charge is 0.0624 e. The topological polar surface area (TPSA) is 17.8 Å². The summed E-state index contributed by atoms with van der Waals surface area (Å²) in [5, 5.41) is 4.66. The van der Waals surface area contributed by atoms with Crippen LogP contribution in [0.2, 0.25) is 0 Å². The summed E-state index contributed by atoms with van der Waals surface area (Å²) in [7, 11) is 0. The minimum atomic E-state index is 0.694. The zero-order valence-electron chi connectivity index (χ0n) is 11.8. The van der Waals surface area contributed by atoms with E-state index in [1.54, 1.807) is 0 Å². The maximum atomic E-state index is 4.66. The predicted octanol–water partition coefficient (Wildman–Crippen LogP) is 4.21. The van der Waals surface area contributed by atoms with Gasteiger partial charge in [0.25, 0.3) is 0 Å². The molecule has 0 spiro atoms. The third kappa shape index (κ3) is 3.17. The third-order valence-electron chi connectivity index (χ3n) is 4.20. The highest BCUT2D eigenvalue weighted by Crippen LogP contribution is 2.35. The molecule has 3 unspecified atom stereocenters. The first-order chi connectivity index (χ1) is 8.63. The van der Waals surface area contributed by atoms with Gasteiger partial charge in [0.1, 0.15) is 0 Å². The normalized spacial score (nSPS) is 28.6. The fourth-order valence-corrected chi connectivity index (χ4v) is 3.73. The second kappa shape index (κ2) is 6.23. The number of alkyl halides is 1. The molecule has 0 aliphatic heterocycles. The van der Waals surface area contributed by atoms with Crippen molar-refractivity contribution in [3.63, 3.8) is 0 Å². The van der Waals surface area contributed by atoms with Gasteiger partial charge in [-0.05, 0) is 56.9 Å². The molecule has 1 saturated carbocycles. The molecule has 2 rings (SSSR count). The van der Waals surface area contributed by atoms with Gasteiger partial charge >= 0.3 is 0 Å². The highest BCUT2D eigenvalue weighted by Gasteiger charge is 2.27. The van der Waals surface area contributed by atoms with Gasteiger partial charge in [-0.2, -0.15) is 5.10 Å². The van der Waals surface area contributed by atoms with Crippen LogP contribution < -0.4 is 0 Å². The zero-order chi connectivity index (χ0) is 13.1. The monoisotopic (exact) mass is 312 g/mol. The quantitative estimate of drug-likeness (QED) is 0.762. The Kier molecular flexibility index (Phi) is 4.88. The number of aryl methyl sites for hydroxylation is 2. The number of nitrogens with zero attached hydrogens (tertiary/aromatic N) is 2. The first kappa shape index (κ1) is 14.1. The van der Waals surface area contributed by atoms with Gasteiger partial charge in [0.2, 0.25) is 0 Å². The molecule has 0 radical (unpaired) electrons. The highest BCUT2D eigenvalue weighted by atomic mass is 79.9. The lowest BCUT2D eigenvalue weighted by atomic mass is 9.80. The number of hydrogen-bond donors (Lipinski definition) is 0. The Hall–Kier alpha value is -0.310. The lowest BCUT2D eigenvalue weighted by Gasteiger charge is -2.31. The van der Waals surface area contributed by atoms with E-state index in [2.05, 4.69) is 52.5 Å². The van der Waals surface area contributed by atoms with Crippen LogP contribution in [0.25, 0.3) is 0 Å². The maximum Gasteiger partial charge on any atom is 0.0624 e. The van der Waals surface area contributed by atoms with Crippen LogP contribution in [0, 0.1) is 11.8 Å². The molecule has 18 heavy (non-hydrogen) atoms. The molecule has 1 aliphatic carbocycles. The van der Waals surface area contributed by atoms with Crippen molar-refractivity contribution in [1.29, 1.82) is 0 Å².